The Balaban J connectivity index is 1.80. The molecule has 4 aromatic rings. The molecule has 0 amide bonds. The van der Waals surface area contributed by atoms with Crippen LogP contribution in [0.2, 0.25) is 0 Å². The van der Waals surface area contributed by atoms with Crippen molar-refractivity contribution in [3.8, 4) is 11.8 Å². The van der Waals surface area contributed by atoms with Gasteiger partial charge in [-0.25, -0.2) is 26.9 Å². The van der Waals surface area contributed by atoms with Crippen molar-refractivity contribution in [1.29, 1.82) is 5.26 Å². The molecule has 1 saturated heterocycles. The van der Waals surface area contributed by atoms with Gasteiger partial charge < -0.3 is 16.4 Å². The van der Waals surface area contributed by atoms with Gasteiger partial charge in [-0.2, -0.15) is 15.2 Å². The van der Waals surface area contributed by atoms with E-state index in [2.05, 4.69) is 15.0 Å². The third kappa shape index (κ3) is 4.99. The number of alkyl halides is 2. The molecule has 2 aromatic heterocycles. The van der Waals surface area contributed by atoms with E-state index < -0.39 is 59.0 Å². The number of aromatic nitrogens is 4. The molecule has 0 aliphatic carbocycles. The van der Waals surface area contributed by atoms with Gasteiger partial charge in [0.1, 0.15) is 46.1 Å². The Labute approximate surface area is 227 Å². The van der Waals surface area contributed by atoms with Crippen LogP contribution < -0.4 is 21.9 Å². The van der Waals surface area contributed by atoms with Crippen LogP contribution in [0, 0.1) is 34.7 Å². The maximum absolute atomic E-state index is 14.8. The number of fused-ring (bicyclic) bond motifs is 1. The fourth-order valence-corrected chi connectivity index (χ4v) is 5.07. The van der Waals surface area contributed by atoms with E-state index in [9.17, 15) is 36.8 Å². The molecule has 10 nitrogen and oxygen atoms in total. The minimum absolute atomic E-state index is 0.0990. The molecular weight excluding hydrogens is 551 g/mol. The summed E-state index contributed by atoms with van der Waals surface area (Å²) in [6, 6.07) is 6.64. The number of hydrogen-bond acceptors (Lipinski definition) is 9. The number of nitrogen functional groups attached to an aromatic ring is 2. The summed E-state index contributed by atoms with van der Waals surface area (Å²) in [6.07, 6.45) is -3.92. The fraction of sp³-hybridized carbons (Fsp3) is 0.231. The molecule has 0 spiro atoms. The van der Waals surface area contributed by atoms with Crippen LogP contribution in [-0.2, 0) is 4.79 Å². The van der Waals surface area contributed by atoms with Crippen molar-refractivity contribution in [1.82, 2.24) is 19.5 Å². The lowest BCUT2D eigenvalue weighted by Crippen LogP contribution is -2.33. The molecule has 1 aliphatic rings. The van der Waals surface area contributed by atoms with Crippen molar-refractivity contribution in [2.75, 3.05) is 22.9 Å². The zero-order valence-corrected chi connectivity index (χ0v) is 20.9. The summed E-state index contributed by atoms with van der Waals surface area (Å²) in [5.41, 5.74) is 9.96. The molecule has 3 heterocycles. The molecule has 4 N–H and O–H groups in total. The molecule has 2 atom stereocenters. The Hall–Kier alpha value is -5.13. The number of rotatable bonds is 6. The number of ketones is 1. The van der Waals surface area contributed by atoms with E-state index in [-0.39, 0.29) is 53.1 Å². The average Bonchev–Trinajstić information content (AvgIpc) is 3.30. The van der Waals surface area contributed by atoms with E-state index in [1.54, 1.807) is 0 Å². The van der Waals surface area contributed by atoms with Crippen LogP contribution in [0.3, 0.4) is 0 Å². The SMILES string of the molecule is N#Cc1c(N)nc(N)nc1N1C[C@H](CC(=O)C(F)F)C[C@H]1c1nc2cccc(F)c2c(=O)n1-c1cc(F)cc(F)c1. The number of nitriles is 1. The van der Waals surface area contributed by atoms with E-state index in [0.717, 1.165) is 22.8 Å². The predicted octanol–water partition coefficient (Wildman–Crippen LogP) is 3.42. The van der Waals surface area contributed by atoms with Gasteiger partial charge >= 0.3 is 0 Å². The number of halogens is 5. The molecule has 1 aliphatic heterocycles. The van der Waals surface area contributed by atoms with Crippen LogP contribution >= 0.6 is 0 Å². The van der Waals surface area contributed by atoms with E-state index in [4.69, 9.17) is 11.5 Å². The van der Waals surface area contributed by atoms with Gasteiger partial charge in [0.2, 0.25) is 5.95 Å². The lowest BCUT2D eigenvalue weighted by atomic mass is 9.98. The Morgan fingerprint density at radius 2 is 1.80 bits per heavy atom. The molecule has 0 bridgehead atoms. The quantitative estimate of drug-likeness (QED) is 0.332. The number of benzene rings is 2. The van der Waals surface area contributed by atoms with Crippen LogP contribution in [0.25, 0.3) is 16.6 Å². The summed E-state index contributed by atoms with van der Waals surface area (Å²) < 4.78 is 70.5. The van der Waals surface area contributed by atoms with Gasteiger partial charge in [0.15, 0.2) is 11.6 Å². The molecule has 1 fully saturated rings. The lowest BCUT2D eigenvalue weighted by Gasteiger charge is -2.28. The van der Waals surface area contributed by atoms with Crippen LogP contribution in [-0.4, -0.2) is 38.3 Å². The second-order valence-electron chi connectivity index (χ2n) is 9.39. The van der Waals surface area contributed by atoms with E-state index in [1.807, 2.05) is 6.07 Å². The fourth-order valence-electron chi connectivity index (χ4n) is 5.07. The third-order valence-corrected chi connectivity index (χ3v) is 6.72. The largest absolute Gasteiger partial charge is 0.382 e. The van der Waals surface area contributed by atoms with Crippen LogP contribution in [0.4, 0.5) is 39.5 Å². The molecule has 5 rings (SSSR count). The third-order valence-electron chi connectivity index (χ3n) is 6.72. The van der Waals surface area contributed by atoms with Gasteiger partial charge in [0.05, 0.1) is 17.2 Å². The smallest absolute Gasteiger partial charge is 0.295 e. The molecule has 2 aromatic carbocycles. The molecule has 15 heteroatoms. The van der Waals surface area contributed by atoms with Crippen molar-refractivity contribution in [2.24, 2.45) is 5.92 Å². The van der Waals surface area contributed by atoms with Crippen molar-refractivity contribution in [3.05, 3.63) is 75.6 Å². The second-order valence-corrected chi connectivity index (χ2v) is 9.39. The van der Waals surface area contributed by atoms with E-state index in [0.29, 0.717) is 6.07 Å². The maximum atomic E-state index is 14.8. The van der Waals surface area contributed by atoms with E-state index >= 15 is 0 Å². The van der Waals surface area contributed by atoms with Gasteiger partial charge in [-0.3, -0.25) is 14.2 Å². The number of Topliss-reactive ketones (excluding diaryl/α,β-unsaturated/α-hetero) is 1. The van der Waals surface area contributed by atoms with Crippen molar-refractivity contribution in [3.63, 3.8) is 0 Å². The molecule has 0 saturated carbocycles. The normalized spacial score (nSPS) is 16.9. The van der Waals surface area contributed by atoms with Crippen molar-refractivity contribution in [2.45, 2.75) is 25.3 Å². The molecular formula is C26H19F5N8O2. The zero-order chi connectivity index (χ0) is 29.6. The van der Waals surface area contributed by atoms with E-state index in [1.165, 1.54) is 17.0 Å². The molecule has 0 unspecified atom stereocenters. The Morgan fingerprint density at radius 3 is 2.46 bits per heavy atom. The number of nitrogens with zero attached hydrogens (tertiary/aromatic N) is 6. The van der Waals surface area contributed by atoms with Gasteiger partial charge in [-0.15, -0.1) is 0 Å². The minimum atomic E-state index is -3.24. The van der Waals surface area contributed by atoms with Gasteiger partial charge in [0.25, 0.3) is 12.0 Å². The highest BCUT2D eigenvalue weighted by Crippen LogP contribution is 2.42. The van der Waals surface area contributed by atoms with Crippen molar-refractivity contribution < 1.29 is 26.7 Å². The first kappa shape index (κ1) is 27.4. The van der Waals surface area contributed by atoms with Gasteiger partial charge in [-0.1, -0.05) is 6.07 Å². The molecule has 0 radical (unpaired) electrons. The summed E-state index contributed by atoms with van der Waals surface area (Å²) in [6.45, 7) is -0.151. The highest BCUT2D eigenvalue weighted by Gasteiger charge is 2.40. The highest BCUT2D eigenvalue weighted by molar-refractivity contribution is 5.82. The zero-order valence-electron chi connectivity index (χ0n) is 20.9. The number of carbonyl (C=O) groups is 1. The topological polar surface area (TPSA) is 157 Å². The molecule has 210 valence electrons. The highest BCUT2D eigenvalue weighted by atomic mass is 19.3. The summed E-state index contributed by atoms with van der Waals surface area (Å²) in [7, 11) is 0. The predicted molar refractivity (Wildman–Crippen MR) is 137 cm³/mol. The number of nitrogens with two attached hydrogens (primary N) is 2. The first-order valence-corrected chi connectivity index (χ1v) is 12.1. The van der Waals surface area contributed by atoms with Crippen LogP contribution in [0.15, 0.2) is 41.2 Å². The lowest BCUT2D eigenvalue weighted by molar-refractivity contribution is -0.130. The Morgan fingerprint density at radius 1 is 1.10 bits per heavy atom. The monoisotopic (exact) mass is 570 g/mol. The van der Waals surface area contributed by atoms with Gasteiger partial charge in [-0.05, 0) is 36.6 Å². The first-order chi connectivity index (χ1) is 19.5. The Bertz CT molecular complexity index is 1790. The minimum Gasteiger partial charge on any atom is -0.382 e. The number of anilines is 3. The van der Waals surface area contributed by atoms with Crippen molar-refractivity contribution >= 4 is 34.3 Å². The van der Waals surface area contributed by atoms with Crippen LogP contribution in [0.5, 0.6) is 0 Å². The molecule has 41 heavy (non-hydrogen) atoms. The number of carbonyl (C=O) groups excluding carboxylic acids is 1. The first-order valence-electron chi connectivity index (χ1n) is 12.1. The average molecular weight is 570 g/mol. The summed E-state index contributed by atoms with van der Waals surface area (Å²) in [5, 5.41) is 9.31. The van der Waals surface area contributed by atoms with Gasteiger partial charge in [0, 0.05) is 19.0 Å². The second kappa shape index (κ2) is 10.5. The summed E-state index contributed by atoms with van der Waals surface area (Å²) >= 11 is 0. The summed E-state index contributed by atoms with van der Waals surface area (Å²) in [5.74, 6) is -6.09. The summed E-state index contributed by atoms with van der Waals surface area (Å²) in [4.78, 5) is 39.4. The van der Waals surface area contributed by atoms with Crippen LogP contribution in [0.1, 0.15) is 30.3 Å². The maximum Gasteiger partial charge on any atom is 0.295 e. The standard InChI is InChI=1S/C26H19F5N8O2/c27-12-6-13(28)8-14(7-12)39-24(35-17-3-1-2-16(29)20(17)25(39)41)18-4-11(5-19(40)21(30)31)10-38(18)23-15(9-32)22(33)36-26(34)37-23/h1-3,6-8,11,18,21H,4-5,10H2,(H4,33,34,36,37)/t11-,18-/m0/s1. The number of hydrogen-bond donors (Lipinski definition) is 2. The Kier molecular flexibility index (Phi) is 6.99.